The molecule has 0 aromatic rings. The Labute approximate surface area is 56.6 Å². The highest BCUT2D eigenvalue weighted by atomic mass is 16.6. The summed E-state index contributed by atoms with van der Waals surface area (Å²) in [5, 5.41) is 3.24. The van der Waals surface area contributed by atoms with E-state index in [0.717, 1.165) is 13.1 Å². The number of ether oxygens (including phenoxy) is 1. The van der Waals surface area contributed by atoms with Gasteiger partial charge < -0.3 is 10.1 Å². The molecule has 2 nitrogen and oxygen atoms in total. The lowest BCUT2D eigenvalue weighted by Crippen LogP contribution is -2.18. The monoisotopic (exact) mass is 129 g/mol. The molecule has 0 amide bonds. The van der Waals surface area contributed by atoms with E-state index >= 15 is 0 Å². The van der Waals surface area contributed by atoms with Crippen LogP contribution in [0.5, 0.6) is 0 Å². The molecule has 0 aromatic carbocycles. The molecule has 9 heavy (non-hydrogen) atoms. The molecule has 0 spiro atoms. The maximum Gasteiger partial charge on any atom is 0.106 e. The molecule has 2 atom stereocenters. The molecule has 2 heterocycles. The lowest BCUT2D eigenvalue weighted by Gasteiger charge is -1.95. The molecule has 1 N–H and O–H groups in total. The summed E-state index contributed by atoms with van der Waals surface area (Å²) in [6, 6.07) is 0. The SMILES string of the molecule is CC.CC12CNCC1O2. The normalized spacial score (nSPS) is 45.0. The first kappa shape index (κ1) is 7.03. The maximum absolute atomic E-state index is 5.28. The van der Waals surface area contributed by atoms with E-state index in [1.54, 1.807) is 0 Å². The van der Waals surface area contributed by atoms with Crippen LogP contribution in [0.3, 0.4) is 0 Å². The number of morpholine rings is 1. The van der Waals surface area contributed by atoms with Gasteiger partial charge in [0.15, 0.2) is 0 Å². The summed E-state index contributed by atoms with van der Waals surface area (Å²) in [5.74, 6) is 0. The zero-order valence-corrected chi connectivity index (χ0v) is 6.40. The first-order valence-electron chi connectivity index (χ1n) is 3.70. The Balaban J connectivity index is 0.000000186. The topological polar surface area (TPSA) is 24.6 Å². The number of fused-ring (bicyclic) bond motifs is 1. The van der Waals surface area contributed by atoms with Crippen LogP contribution in [-0.2, 0) is 4.74 Å². The second-order valence-corrected chi connectivity index (χ2v) is 2.55. The van der Waals surface area contributed by atoms with E-state index in [9.17, 15) is 0 Å². The molecule has 0 bridgehead atoms. The summed E-state index contributed by atoms with van der Waals surface area (Å²) in [6.45, 7) is 8.27. The van der Waals surface area contributed by atoms with E-state index in [1.807, 2.05) is 13.8 Å². The van der Waals surface area contributed by atoms with Gasteiger partial charge in [-0.2, -0.15) is 0 Å². The van der Waals surface area contributed by atoms with Gasteiger partial charge in [0.2, 0.25) is 0 Å². The van der Waals surface area contributed by atoms with E-state index in [2.05, 4.69) is 12.2 Å². The number of nitrogens with one attached hydrogen (secondary N) is 1. The van der Waals surface area contributed by atoms with Gasteiger partial charge in [-0.1, -0.05) is 13.8 Å². The largest absolute Gasteiger partial charge is 0.364 e. The van der Waals surface area contributed by atoms with Crippen molar-refractivity contribution >= 4 is 0 Å². The van der Waals surface area contributed by atoms with Crippen LogP contribution in [0.25, 0.3) is 0 Å². The van der Waals surface area contributed by atoms with Crippen LogP contribution < -0.4 is 5.32 Å². The number of hydrogen-bond acceptors (Lipinski definition) is 2. The van der Waals surface area contributed by atoms with Crippen LogP contribution in [0.1, 0.15) is 20.8 Å². The minimum atomic E-state index is 0.250. The van der Waals surface area contributed by atoms with Crippen molar-refractivity contribution in [2.75, 3.05) is 13.1 Å². The zero-order chi connectivity index (χ0) is 6.91. The first-order valence-corrected chi connectivity index (χ1v) is 3.70. The molecule has 54 valence electrons. The fourth-order valence-electron chi connectivity index (χ4n) is 1.16. The van der Waals surface area contributed by atoms with Crippen molar-refractivity contribution in [3.05, 3.63) is 0 Å². The lowest BCUT2D eigenvalue weighted by molar-refractivity contribution is 0.276. The maximum atomic E-state index is 5.28. The molecule has 0 aliphatic carbocycles. The molecule has 2 heteroatoms. The third-order valence-corrected chi connectivity index (χ3v) is 1.84. The molecule has 2 aliphatic heterocycles. The Kier molecular flexibility index (Phi) is 1.78. The van der Waals surface area contributed by atoms with Gasteiger partial charge in [0.25, 0.3) is 0 Å². The van der Waals surface area contributed by atoms with Crippen molar-refractivity contribution in [1.82, 2.24) is 5.32 Å². The van der Waals surface area contributed by atoms with E-state index in [-0.39, 0.29) is 5.60 Å². The molecule has 2 aliphatic rings. The number of hydrogen-bond donors (Lipinski definition) is 1. The standard InChI is InChI=1S/C5H9NO.C2H6/c1-5-3-6-2-4(5)7-5;1-2/h4,6H,2-3H2,1H3;1-2H3. The van der Waals surface area contributed by atoms with Gasteiger partial charge >= 0.3 is 0 Å². The van der Waals surface area contributed by atoms with Crippen molar-refractivity contribution in [2.45, 2.75) is 32.5 Å². The summed E-state index contributed by atoms with van der Waals surface area (Å²) in [5.41, 5.74) is 0.250. The minimum Gasteiger partial charge on any atom is -0.364 e. The summed E-state index contributed by atoms with van der Waals surface area (Å²) >= 11 is 0. The molecule has 2 saturated heterocycles. The van der Waals surface area contributed by atoms with Crippen molar-refractivity contribution in [2.24, 2.45) is 0 Å². The van der Waals surface area contributed by atoms with E-state index in [1.165, 1.54) is 0 Å². The van der Waals surface area contributed by atoms with Crippen LogP contribution in [0.4, 0.5) is 0 Å². The smallest absolute Gasteiger partial charge is 0.106 e. The Hall–Kier alpha value is -0.0800. The summed E-state index contributed by atoms with van der Waals surface area (Å²) in [6.07, 6.45) is 0.549. The van der Waals surface area contributed by atoms with Crippen LogP contribution in [0, 0.1) is 0 Å². The van der Waals surface area contributed by atoms with Crippen molar-refractivity contribution in [3.63, 3.8) is 0 Å². The zero-order valence-electron chi connectivity index (χ0n) is 6.40. The Morgan fingerprint density at radius 2 is 2.22 bits per heavy atom. The highest BCUT2D eigenvalue weighted by molar-refractivity contribution is 5.06. The Morgan fingerprint density at radius 3 is 2.33 bits per heavy atom. The van der Waals surface area contributed by atoms with Gasteiger partial charge in [0.1, 0.15) is 11.7 Å². The van der Waals surface area contributed by atoms with E-state index < -0.39 is 0 Å². The molecular formula is C7H15NO. The second-order valence-electron chi connectivity index (χ2n) is 2.55. The van der Waals surface area contributed by atoms with Crippen molar-refractivity contribution in [3.8, 4) is 0 Å². The third kappa shape index (κ3) is 1.10. The minimum absolute atomic E-state index is 0.250. The van der Waals surface area contributed by atoms with Gasteiger partial charge in [-0.3, -0.25) is 0 Å². The number of rotatable bonds is 0. The van der Waals surface area contributed by atoms with Crippen LogP contribution in [-0.4, -0.2) is 24.8 Å². The average Bonchev–Trinajstić information content (AvgIpc) is 2.38. The second kappa shape index (κ2) is 2.27. The van der Waals surface area contributed by atoms with Gasteiger partial charge in [-0.05, 0) is 6.92 Å². The molecule has 0 aromatic heterocycles. The van der Waals surface area contributed by atoms with Crippen LogP contribution >= 0.6 is 0 Å². The summed E-state index contributed by atoms with van der Waals surface area (Å²) in [7, 11) is 0. The molecule has 0 radical (unpaired) electrons. The van der Waals surface area contributed by atoms with Gasteiger partial charge in [0, 0.05) is 13.1 Å². The average molecular weight is 129 g/mol. The predicted molar refractivity (Wildman–Crippen MR) is 37.5 cm³/mol. The van der Waals surface area contributed by atoms with E-state index in [4.69, 9.17) is 4.74 Å². The lowest BCUT2D eigenvalue weighted by atomic mass is 10.2. The molecule has 2 fully saturated rings. The highest BCUT2D eigenvalue weighted by Crippen LogP contribution is 2.38. The summed E-state index contributed by atoms with van der Waals surface area (Å²) < 4.78 is 5.28. The van der Waals surface area contributed by atoms with Crippen LogP contribution in [0.15, 0.2) is 0 Å². The van der Waals surface area contributed by atoms with Crippen molar-refractivity contribution < 1.29 is 4.74 Å². The van der Waals surface area contributed by atoms with E-state index in [0.29, 0.717) is 6.10 Å². The van der Waals surface area contributed by atoms with Gasteiger partial charge in [0.05, 0.1) is 0 Å². The molecule has 2 unspecified atom stereocenters. The molecular weight excluding hydrogens is 114 g/mol. The molecule has 0 saturated carbocycles. The third-order valence-electron chi connectivity index (χ3n) is 1.84. The number of epoxide rings is 1. The quantitative estimate of drug-likeness (QED) is 0.489. The highest BCUT2D eigenvalue weighted by Gasteiger charge is 2.55. The van der Waals surface area contributed by atoms with Gasteiger partial charge in [-0.15, -0.1) is 0 Å². The van der Waals surface area contributed by atoms with Gasteiger partial charge in [-0.25, -0.2) is 0 Å². The fourth-order valence-corrected chi connectivity index (χ4v) is 1.16. The first-order chi connectivity index (χ1) is 4.31. The van der Waals surface area contributed by atoms with Crippen LogP contribution in [0.2, 0.25) is 0 Å². The Bertz CT molecular complexity index is 103. The van der Waals surface area contributed by atoms with Crippen molar-refractivity contribution in [1.29, 1.82) is 0 Å². The Morgan fingerprint density at radius 1 is 1.56 bits per heavy atom. The fraction of sp³-hybridized carbons (Fsp3) is 1.00. The summed E-state index contributed by atoms with van der Waals surface area (Å²) in [4.78, 5) is 0. The molecule has 2 rings (SSSR count). The predicted octanol–water partition coefficient (Wildman–Crippen LogP) is 0.773.